The molecule has 0 saturated carbocycles. The van der Waals surface area contributed by atoms with Crippen molar-refractivity contribution in [1.29, 1.82) is 0 Å². The molecule has 0 aliphatic carbocycles. The summed E-state index contributed by atoms with van der Waals surface area (Å²) in [7, 11) is -3.43. The van der Waals surface area contributed by atoms with E-state index in [0.29, 0.717) is 23.9 Å². The second-order valence-corrected chi connectivity index (χ2v) is 7.83. The van der Waals surface area contributed by atoms with Gasteiger partial charge in [-0.05, 0) is 19.9 Å². The number of nitrogens with zero attached hydrogens (tertiary/aromatic N) is 3. The summed E-state index contributed by atoms with van der Waals surface area (Å²) in [6.07, 6.45) is 1.09. The Morgan fingerprint density at radius 3 is 2.42 bits per heavy atom. The first-order valence-corrected chi connectivity index (χ1v) is 8.66. The van der Waals surface area contributed by atoms with Gasteiger partial charge in [-0.3, -0.25) is 0 Å². The van der Waals surface area contributed by atoms with Crippen molar-refractivity contribution < 1.29 is 8.42 Å². The van der Waals surface area contributed by atoms with E-state index in [4.69, 9.17) is 5.73 Å². The SMILES string of the molecule is CCCN1CCN(S(=O)(=O)c2sc(N)nc2C)CC1. The number of hydrogen-bond donors (Lipinski definition) is 1. The molecule has 1 aliphatic heterocycles. The third kappa shape index (κ3) is 3.07. The van der Waals surface area contributed by atoms with E-state index in [0.717, 1.165) is 37.4 Å². The number of rotatable bonds is 4. The van der Waals surface area contributed by atoms with Crippen molar-refractivity contribution in [3.63, 3.8) is 0 Å². The molecular formula is C11H20N4O2S2. The van der Waals surface area contributed by atoms with E-state index in [1.165, 1.54) is 0 Å². The monoisotopic (exact) mass is 304 g/mol. The molecule has 108 valence electrons. The van der Waals surface area contributed by atoms with Crippen LogP contribution in [0.4, 0.5) is 5.13 Å². The first-order valence-electron chi connectivity index (χ1n) is 6.40. The molecule has 1 aliphatic rings. The van der Waals surface area contributed by atoms with E-state index in [9.17, 15) is 8.42 Å². The van der Waals surface area contributed by atoms with Gasteiger partial charge in [-0.2, -0.15) is 4.31 Å². The van der Waals surface area contributed by atoms with Crippen LogP contribution in [0, 0.1) is 6.92 Å². The summed E-state index contributed by atoms with van der Waals surface area (Å²) in [5, 5.41) is 0.306. The number of sulfonamides is 1. The minimum atomic E-state index is -3.43. The van der Waals surface area contributed by atoms with Crippen LogP contribution in [0.1, 0.15) is 19.0 Å². The van der Waals surface area contributed by atoms with Crippen LogP contribution in [-0.4, -0.2) is 55.3 Å². The maximum Gasteiger partial charge on any atom is 0.254 e. The summed E-state index contributed by atoms with van der Waals surface area (Å²) < 4.78 is 26.8. The molecular weight excluding hydrogens is 284 g/mol. The lowest BCUT2D eigenvalue weighted by atomic mass is 10.3. The number of nitrogens with two attached hydrogens (primary N) is 1. The molecule has 19 heavy (non-hydrogen) atoms. The fraction of sp³-hybridized carbons (Fsp3) is 0.727. The van der Waals surface area contributed by atoms with Crippen LogP contribution in [0.2, 0.25) is 0 Å². The van der Waals surface area contributed by atoms with Crippen molar-refractivity contribution in [3.05, 3.63) is 5.69 Å². The van der Waals surface area contributed by atoms with Crippen molar-refractivity contribution in [2.24, 2.45) is 0 Å². The van der Waals surface area contributed by atoms with Gasteiger partial charge >= 0.3 is 0 Å². The highest BCUT2D eigenvalue weighted by molar-refractivity contribution is 7.91. The Balaban J connectivity index is 2.12. The smallest absolute Gasteiger partial charge is 0.254 e. The molecule has 2 heterocycles. The molecule has 1 saturated heterocycles. The highest BCUT2D eigenvalue weighted by Gasteiger charge is 2.31. The summed E-state index contributed by atoms with van der Waals surface area (Å²) in [5.41, 5.74) is 6.08. The number of piperazine rings is 1. The van der Waals surface area contributed by atoms with Gasteiger partial charge < -0.3 is 10.6 Å². The average molecular weight is 304 g/mol. The van der Waals surface area contributed by atoms with Crippen LogP contribution in [0.25, 0.3) is 0 Å². The first kappa shape index (κ1) is 14.7. The predicted octanol–water partition coefficient (Wildman–Crippen LogP) is 0.750. The van der Waals surface area contributed by atoms with E-state index in [1.54, 1.807) is 11.2 Å². The minimum Gasteiger partial charge on any atom is -0.375 e. The van der Waals surface area contributed by atoms with E-state index in [-0.39, 0.29) is 4.21 Å². The molecule has 1 aromatic rings. The largest absolute Gasteiger partial charge is 0.375 e. The maximum absolute atomic E-state index is 12.5. The minimum absolute atomic E-state index is 0.286. The van der Waals surface area contributed by atoms with Crippen LogP contribution in [0.3, 0.4) is 0 Å². The third-order valence-electron chi connectivity index (χ3n) is 3.22. The number of aryl methyl sites for hydroxylation is 1. The number of thiazole rings is 1. The summed E-state index contributed by atoms with van der Waals surface area (Å²) >= 11 is 1.05. The van der Waals surface area contributed by atoms with Gasteiger partial charge in [-0.25, -0.2) is 13.4 Å². The van der Waals surface area contributed by atoms with Gasteiger partial charge in [0.2, 0.25) is 0 Å². The lowest BCUT2D eigenvalue weighted by Gasteiger charge is -2.33. The number of aromatic nitrogens is 1. The molecule has 0 unspecified atom stereocenters. The Morgan fingerprint density at radius 2 is 1.95 bits per heavy atom. The summed E-state index contributed by atoms with van der Waals surface area (Å²) in [5.74, 6) is 0. The topological polar surface area (TPSA) is 79.5 Å². The van der Waals surface area contributed by atoms with Crippen LogP contribution >= 0.6 is 11.3 Å². The van der Waals surface area contributed by atoms with Crippen molar-refractivity contribution in [1.82, 2.24) is 14.2 Å². The highest BCUT2D eigenvalue weighted by Crippen LogP contribution is 2.28. The van der Waals surface area contributed by atoms with Crippen molar-refractivity contribution >= 4 is 26.5 Å². The number of anilines is 1. The van der Waals surface area contributed by atoms with Gasteiger partial charge in [0.15, 0.2) is 9.34 Å². The second kappa shape index (κ2) is 5.74. The van der Waals surface area contributed by atoms with Crippen LogP contribution in [0.15, 0.2) is 4.21 Å². The Morgan fingerprint density at radius 1 is 1.32 bits per heavy atom. The lowest BCUT2D eigenvalue weighted by molar-refractivity contribution is 0.189. The fourth-order valence-corrected chi connectivity index (χ4v) is 5.13. The molecule has 1 aromatic heterocycles. The van der Waals surface area contributed by atoms with Gasteiger partial charge in [-0.1, -0.05) is 18.3 Å². The molecule has 8 heteroatoms. The lowest BCUT2D eigenvalue weighted by Crippen LogP contribution is -2.48. The van der Waals surface area contributed by atoms with Crippen LogP contribution < -0.4 is 5.73 Å². The van der Waals surface area contributed by atoms with Crippen LogP contribution in [0.5, 0.6) is 0 Å². The molecule has 0 aromatic carbocycles. The average Bonchev–Trinajstić information content (AvgIpc) is 2.70. The molecule has 0 atom stereocenters. The third-order valence-corrected chi connectivity index (χ3v) is 6.69. The molecule has 0 bridgehead atoms. The molecule has 0 amide bonds. The summed E-state index contributed by atoms with van der Waals surface area (Å²) in [6.45, 7) is 7.51. The number of nitrogen functional groups attached to an aromatic ring is 1. The van der Waals surface area contributed by atoms with E-state index < -0.39 is 10.0 Å². The molecule has 2 N–H and O–H groups in total. The van der Waals surface area contributed by atoms with Gasteiger partial charge in [0.1, 0.15) is 0 Å². The fourth-order valence-electron chi connectivity index (χ4n) is 2.27. The quantitative estimate of drug-likeness (QED) is 0.888. The van der Waals surface area contributed by atoms with E-state index in [2.05, 4.69) is 16.8 Å². The van der Waals surface area contributed by atoms with Crippen molar-refractivity contribution in [2.75, 3.05) is 38.5 Å². The van der Waals surface area contributed by atoms with E-state index >= 15 is 0 Å². The number of hydrogen-bond acceptors (Lipinski definition) is 6. The molecule has 6 nitrogen and oxygen atoms in total. The van der Waals surface area contributed by atoms with Gasteiger partial charge in [0, 0.05) is 26.2 Å². The normalized spacial score (nSPS) is 18.8. The maximum atomic E-state index is 12.5. The Labute approximate surface area is 118 Å². The zero-order valence-electron chi connectivity index (χ0n) is 11.3. The van der Waals surface area contributed by atoms with Gasteiger partial charge in [0.05, 0.1) is 5.69 Å². The second-order valence-electron chi connectivity index (χ2n) is 4.67. The van der Waals surface area contributed by atoms with Crippen molar-refractivity contribution in [3.8, 4) is 0 Å². The Hall–Kier alpha value is -0.700. The summed E-state index contributed by atoms with van der Waals surface area (Å²) in [4.78, 5) is 6.29. The van der Waals surface area contributed by atoms with Gasteiger partial charge in [-0.15, -0.1) is 0 Å². The Bertz CT molecular complexity index is 533. The standard InChI is InChI=1S/C11H20N4O2S2/c1-3-4-14-5-7-15(8-6-14)19(16,17)10-9(2)13-11(12)18-10/h3-8H2,1-2H3,(H2,12,13). The molecule has 1 fully saturated rings. The predicted molar refractivity (Wildman–Crippen MR) is 76.8 cm³/mol. The Kier molecular flexibility index (Phi) is 4.44. The highest BCUT2D eigenvalue weighted by atomic mass is 32.2. The van der Waals surface area contributed by atoms with Crippen molar-refractivity contribution in [2.45, 2.75) is 24.5 Å². The van der Waals surface area contributed by atoms with E-state index in [1.807, 2.05) is 0 Å². The zero-order chi connectivity index (χ0) is 14.0. The summed E-state index contributed by atoms with van der Waals surface area (Å²) in [6, 6.07) is 0. The van der Waals surface area contributed by atoms with Crippen LogP contribution in [-0.2, 0) is 10.0 Å². The molecule has 0 radical (unpaired) electrons. The zero-order valence-corrected chi connectivity index (χ0v) is 12.9. The molecule has 2 rings (SSSR count). The van der Waals surface area contributed by atoms with Gasteiger partial charge in [0.25, 0.3) is 10.0 Å². The molecule has 0 spiro atoms. The first-order chi connectivity index (χ1) is 8.95.